The number of nitrogens with zero attached hydrogens (tertiary/aromatic N) is 4. The molecule has 2 heterocycles. The Hall–Kier alpha value is -2.73. The second-order valence-corrected chi connectivity index (χ2v) is 8.31. The number of unbranched alkanes of at least 4 members (excludes halogenated alkanes) is 1. The molecule has 6 nitrogen and oxygen atoms in total. The highest BCUT2D eigenvalue weighted by Gasteiger charge is 2.15. The molecule has 0 bridgehead atoms. The first-order valence-corrected chi connectivity index (χ1v) is 10.7. The first kappa shape index (κ1) is 22.0. The van der Waals surface area contributed by atoms with Crippen molar-refractivity contribution in [1.82, 2.24) is 19.7 Å². The van der Waals surface area contributed by atoms with Gasteiger partial charge in [0.1, 0.15) is 5.82 Å². The number of anilines is 1. The molecule has 2 aromatic heterocycles. The van der Waals surface area contributed by atoms with Crippen LogP contribution in [0.15, 0.2) is 24.3 Å². The monoisotopic (exact) mass is 407 g/mol. The van der Waals surface area contributed by atoms with Crippen LogP contribution in [0.2, 0.25) is 0 Å². The molecule has 1 amide bonds. The van der Waals surface area contributed by atoms with Crippen molar-refractivity contribution in [3.05, 3.63) is 46.6 Å². The van der Waals surface area contributed by atoms with Crippen molar-refractivity contribution >= 4 is 22.6 Å². The van der Waals surface area contributed by atoms with Gasteiger partial charge in [0.2, 0.25) is 5.91 Å². The predicted octanol–water partition coefficient (Wildman–Crippen LogP) is 4.71. The molecule has 160 valence electrons. The second kappa shape index (κ2) is 9.39. The molecule has 30 heavy (non-hydrogen) atoms. The van der Waals surface area contributed by atoms with Crippen LogP contribution in [0.5, 0.6) is 0 Å². The fourth-order valence-electron chi connectivity index (χ4n) is 3.74. The zero-order valence-corrected chi connectivity index (χ0v) is 19.0. The Morgan fingerprint density at radius 3 is 2.57 bits per heavy atom. The summed E-state index contributed by atoms with van der Waals surface area (Å²) in [7, 11) is 2.06. The lowest BCUT2D eigenvalue weighted by atomic mass is 10.0. The number of aromatic nitrogens is 3. The smallest absolute Gasteiger partial charge is 0.226 e. The third kappa shape index (κ3) is 5.05. The summed E-state index contributed by atoms with van der Waals surface area (Å²) in [5.41, 5.74) is 5.32. The summed E-state index contributed by atoms with van der Waals surface area (Å²) in [6.45, 7) is 12.1. The van der Waals surface area contributed by atoms with Gasteiger partial charge < -0.3 is 10.2 Å². The van der Waals surface area contributed by atoms with Crippen molar-refractivity contribution in [2.24, 2.45) is 0 Å². The van der Waals surface area contributed by atoms with Gasteiger partial charge in [-0.25, -0.2) is 4.98 Å². The summed E-state index contributed by atoms with van der Waals surface area (Å²) >= 11 is 0. The Morgan fingerprint density at radius 2 is 1.83 bits per heavy atom. The molecule has 0 unspecified atom stereocenters. The maximum absolute atomic E-state index is 12.6. The summed E-state index contributed by atoms with van der Waals surface area (Å²) in [6.07, 6.45) is 2.76. The lowest BCUT2D eigenvalue weighted by Crippen LogP contribution is -2.25. The Labute approximate surface area is 179 Å². The van der Waals surface area contributed by atoms with Crippen molar-refractivity contribution in [3.63, 3.8) is 0 Å². The van der Waals surface area contributed by atoms with Crippen LogP contribution in [0, 0.1) is 27.7 Å². The van der Waals surface area contributed by atoms with E-state index in [0.717, 1.165) is 59.5 Å². The molecule has 0 saturated carbocycles. The van der Waals surface area contributed by atoms with Crippen molar-refractivity contribution in [1.29, 1.82) is 0 Å². The SMILES string of the molecule is CCCCN(C)CCC(=O)Nc1cc(C)nn1-c1cc(C)c2cc(C)cc(C)c2n1. The van der Waals surface area contributed by atoms with Crippen molar-refractivity contribution in [2.45, 2.75) is 53.9 Å². The second-order valence-electron chi connectivity index (χ2n) is 8.31. The maximum Gasteiger partial charge on any atom is 0.226 e. The predicted molar refractivity (Wildman–Crippen MR) is 123 cm³/mol. The lowest BCUT2D eigenvalue weighted by molar-refractivity contribution is -0.116. The molecule has 1 N–H and O–H groups in total. The van der Waals surface area contributed by atoms with Crippen molar-refractivity contribution in [2.75, 3.05) is 25.5 Å². The minimum Gasteiger partial charge on any atom is -0.310 e. The van der Waals surface area contributed by atoms with Gasteiger partial charge in [-0.2, -0.15) is 9.78 Å². The van der Waals surface area contributed by atoms with Gasteiger partial charge in [0, 0.05) is 24.4 Å². The number of carbonyl (C=O) groups is 1. The van der Waals surface area contributed by atoms with E-state index in [4.69, 9.17) is 4.98 Å². The number of carbonyl (C=O) groups excluding carboxylic acids is 1. The number of nitrogens with one attached hydrogen (secondary N) is 1. The highest BCUT2D eigenvalue weighted by molar-refractivity contribution is 5.90. The minimum atomic E-state index is -0.0104. The van der Waals surface area contributed by atoms with E-state index < -0.39 is 0 Å². The zero-order valence-electron chi connectivity index (χ0n) is 19.0. The van der Waals surface area contributed by atoms with E-state index >= 15 is 0 Å². The van der Waals surface area contributed by atoms with Crippen LogP contribution in [0.3, 0.4) is 0 Å². The van der Waals surface area contributed by atoms with E-state index in [2.05, 4.69) is 62.2 Å². The number of fused-ring (bicyclic) bond motifs is 1. The topological polar surface area (TPSA) is 63.1 Å². The minimum absolute atomic E-state index is 0.0104. The number of hydrogen-bond acceptors (Lipinski definition) is 4. The highest BCUT2D eigenvalue weighted by atomic mass is 16.1. The number of aryl methyl sites for hydroxylation is 4. The third-order valence-electron chi connectivity index (χ3n) is 5.37. The number of rotatable bonds is 8. The van der Waals surface area contributed by atoms with Gasteiger partial charge in [0.15, 0.2) is 5.82 Å². The summed E-state index contributed by atoms with van der Waals surface area (Å²) < 4.78 is 1.74. The fourth-order valence-corrected chi connectivity index (χ4v) is 3.74. The van der Waals surface area contributed by atoms with E-state index in [1.807, 2.05) is 19.1 Å². The summed E-state index contributed by atoms with van der Waals surface area (Å²) in [6, 6.07) is 8.23. The molecule has 0 atom stereocenters. The van der Waals surface area contributed by atoms with E-state index in [9.17, 15) is 4.79 Å². The Bertz CT molecular complexity index is 1050. The molecular formula is C24H33N5O. The van der Waals surface area contributed by atoms with E-state index in [-0.39, 0.29) is 5.91 Å². The summed E-state index contributed by atoms with van der Waals surface area (Å²) in [4.78, 5) is 19.6. The number of amides is 1. The van der Waals surface area contributed by atoms with Gasteiger partial charge in [0.05, 0.1) is 11.2 Å². The molecule has 0 fully saturated rings. The number of benzene rings is 1. The van der Waals surface area contributed by atoms with E-state index in [1.54, 1.807) is 4.68 Å². The average molecular weight is 408 g/mol. The fraction of sp³-hybridized carbons (Fsp3) is 0.458. The molecule has 0 aliphatic rings. The molecule has 0 spiro atoms. The quantitative estimate of drug-likeness (QED) is 0.587. The molecule has 0 aliphatic carbocycles. The van der Waals surface area contributed by atoms with Gasteiger partial charge in [-0.1, -0.05) is 25.0 Å². The largest absolute Gasteiger partial charge is 0.310 e. The van der Waals surface area contributed by atoms with Crippen LogP contribution in [-0.2, 0) is 4.79 Å². The highest BCUT2D eigenvalue weighted by Crippen LogP contribution is 2.25. The van der Waals surface area contributed by atoms with Gasteiger partial charge in [-0.3, -0.25) is 4.79 Å². The van der Waals surface area contributed by atoms with Crippen LogP contribution in [0.4, 0.5) is 5.82 Å². The van der Waals surface area contributed by atoms with Gasteiger partial charge in [-0.05, 0) is 71.0 Å². The van der Waals surface area contributed by atoms with E-state index in [1.165, 1.54) is 5.56 Å². The van der Waals surface area contributed by atoms with Crippen molar-refractivity contribution in [3.8, 4) is 5.82 Å². The van der Waals surface area contributed by atoms with Crippen LogP contribution in [0.25, 0.3) is 16.7 Å². The molecule has 3 aromatic rings. The average Bonchev–Trinajstić information content (AvgIpc) is 3.05. The Morgan fingerprint density at radius 1 is 1.07 bits per heavy atom. The summed E-state index contributed by atoms with van der Waals surface area (Å²) in [5, 5.41) is 8.77. The molecule has 0 aliphatic heterocycles. The first-order valence-electron chi connectivity index (χ1n) is 10.7. The van der Waals surface area contributed by atoms with E-state index in [0.29, 0.717) is 12.2 Å². The van der Waals surface area contributed by atoms with Crippen LogP contribution in [-0.4, -0.2) is 45.7 Å². The summed E-state index contributed by atoms with van der Waals surface area (Å²) in [5.74, 6) is 1.36. The van der Waals surface area contributed by atoms with Gasteiger partial charge in [0.25, 0.3) is 0 Å². The Kier molecular flexibility index (Phi) is 6.87. The number of pyridine rings is 1. The molecule has 6 heteroatoms. The molecule has 3 rings (SSSR count). The molecule has 0 saturated heterocycles. The lowest BCUT2D eigenvalue weighted by Gasteiger charge is -2.16. The van der Waals surface area contributed by atoms with Crippen LogP contribution >= 0.6 is 0 Å². The molecule has 1 aromatic carbocycles. The Balaban J connectivity index is 1.84. The number of hydrogen-bond donors (Lipinski definition) is 1. The first-order chi connectivity index (χ1) is 14.3. The maximum atomic E-state index is 12.6. The van der Waals surface area contributed by atoms with Gasteiger partial charge in [-0.15, -0.1) is 0 Å². The zero-order chi connectivity index (χ0) is 21.8. The van der Waals surface area contributed by atoms with Crippen LogP contribution in [0.1, 0.15) is 48.6 Å². The van der Waals surface area contributed by atoms with Crippen LogP contribution < -0.4 is 5.32 Å². The molecular weight excluding hydrogens is 374 g/mol. The van der Waals surface area contributed by atoms with Crippen molar-refractivity contribution < 1.29 is 4.79 Å². The third-order valence-corrected chi connectivity index (χ3v) is 5.37. The standard InChI is InChI=1S/C24H33N5O/c1-7-8-10-28(6)11-9-23(30)25-22-15-19(5)27-29(22)21-14-17(3)20-13-16(2)12-18(4)24(20)26-21/h12-15H,7-11H2,1-6H3,(H,25,30). The van der Waals surface area contributed by atoms with Gasteiger partial charge >= 0.3 is 0 Å². The molecule has 0 radical (unpaired) electrons. The normalized spacial score (nSPS) is 11.4.